The van der Waals surface area contributed by atoms with Gasteiger partial charge in [-0.1, -0.05) is 53.6 Å². The quantitative estimate of drug-likeness (QED) is 0.0748. The van der Waals surface area contributed by atoms with Gasteiger partial charge < -0.3 is 44.3 Å². The van der Waals surface area contributed by atoms with Crippen LogP contribution in [0.3, 0.4) is 0 Å². The van der Waals surface area contributed by atoms with E-state index in [4.69, 9.17) is 51.4 Å². The molecule has 438 valence electrons. The van der Waals surface area contributed by atoms with Gasteiger partial charge in [0.15, 0.2) is 11.6 Å². The number of nitriles is 1. The number of aliphatic imine (C=N–C) groups is 1. The number of anilines is 2. The minimum atomic E-state index is -0.596. The van der Waals surface area contributed by atoms with Gasteiger partial charge in [-0.15, -0.1) is 0 Å². The van der Waals surface area contributed by atoms with E-state index in [1.165, 1.54) is 29.3 Å². The predicted molar refractivity (Wildman–Crippen MR) is 313 cm³/mol. The molecular weight excluding hydrogens is 1100 g/mol. The van der Waals surface area contributed by atoms with Crippen LogP contribution in [0.4, 0.5) is 20.8 Å². The summed E-state index contributed by atoms with van der Waals surface area (Å²) in [6.45, 7) is 8.31. The molecule has 0 aliphatic carbocycles. The number of halogens is 2. The van der Waals surface area contributed by atoms with Gasteiger partial charge in [-0.25, -0.2) is 19.2 Å². The van der Waals surface area contributed by atoms with E-state index in [-0.39, 0.29) is 113 Å². The van der Waals surface area contributed by atoms with Gasteiger partial charge >= 0.3 is 6.03 Å². The van der Waals surface area contributed by atoms with Gasteiger partial charge in [0.2, 0.25) is 5.91 Å². The van der Waals surface area contributed by atoms with Gasteiger partial charge in [-0.2, -0.15) is 10.4 Å². The van der Waals surface area contributed by atoms with Crippen LogP contribution in [-0.4, -0.2) is 148 Å². The summed E-state index contributed by atoms with van der Waals surface area (Å²) in [7, 11) is 3.22. The van der Waals surface area contributed by atoms with Gasteiger partial charge in [0.05, 0.1) is 87.0 Å². The second-order valence-corrected chi connectivity index (χ2v) is 22.1. The van der Waals surface area contributed by atoms with Crippen LogP contribution in [0.2, 0.25) is 5.02 Å². The fourth-order valence-electron chi connectivity index (χ4n) is 11.4. The number of hydrogen-bond acceptors (Lipinski definition) is 15. The Labute approximate surface area is 492 Å². The van der Waals surface area contributed by atoms with Crippen molar-refractivity contribution in [2.24, 2.45) is 4.99 Å². The third kappa shape index (κ3) is 12.7. The normalized spacial score (nSPS) is 17.8. The SMILES string of the molecule is COc1ccc(C2=N[C@@H](c3ccc(C)cc3)[C@@H](c3ccc(Cl)cc3)N2C(=O)N2CCN(CCOCCOCCC(=O)CCCn3nc4c(c3C#N)-c3cnc(N)c(n3)N3CCC[C@@H]3c3cc(F)ccc3C(=O)N(C)C4)C(=O)C2)c(OC(C)C)c1. The number of ketones is 1. The molecule has 2 bridgehead atoms. The molecule has 22 heteroatoms. The van der Waals surface area contributed by atoms with E-state index < -0.39 is 17.9 Å². The minimum absolute atomic E-state index is 0.0170. The van der Waals surface area contributed by atoms with Crippen LogP contribution >= 0.6 is 11.6 Å². The first-order valence-corrected chi connectivity index (χ1v) is 28.7. The number of nitrogens with zero attached hydrogens (tertiary/aromatic N) is 11. The summed E-state index contributed by atoms with van der Waals surface area (Å²) in [5, 5.41) is 15.9. The van der Waals surface area contributed by atoms with Crippen molar-refractivity contribution in [3.63, 3.8) is 0 Å². The van der Waals surface area contributed by atoms with Crippen molar-refractivity contribution >= 4 is 52.7 Å². The molecule has 2 N–H and O–H groups in total. The van der Waals surface area contributed by atoms with E-state index in [0.717, 1.165) is 23.1 Å². The van der Waals surface area contributed by atoms with E-state index in [1.54, 1.807) is 51.7 Å². The third-order valence-electron chi connectivity index (χ3n) is 15.5. The average molecular weight is 1160 g/mol. The highest BCUT2D eigenvalue weighted by Gasteiger charge is 2.46. The van der Waals surface area contributed by atoms with Crippen LogP contribution in [0.15, 0.2) is 96.1 Å². The summed E-state index contributed by atoms with van der Waals surface area (Å²) >= 11 is 6.40. The molecule has 20 nitrogen and oxygen atoms in total. The van der Waals surface area contributed by atoms with E-state index in [2.05, 4.69) is 11.1 Å². The molecule has 0 radical (unpaired) electrons. The number of amidine groups is 1. The molecule has 4 aromatic carbocycles. The number of aryl methyl sites for hydroxylation is 2. The molecule has 4 amide bonds. The lowest BCUT2D eigenvalue weighted by Gasteiger charge is -2.38. The van der Waals surface area contributed by atoms with Crippen LogP contribution < -0.4 is 20.1 Å². The Morgan fingerprint density at radius 2 is 1.64 bits per heavy atom. The number of benzene rings is 4. The maximum atomic E-state index is 15.1. The molecule has 2 fully saturated rings. The first-order valence-electron chi connectivity index (χ1n) is 28.3. The molecule has 4 aliphatic rings. The highest BCUT2D eigenvalue weighted by atomic mass is 35.5. The second kappa shape index (κ2) is 26.0. The first kappa shape index (κ1) is 58.7. The van der Waals surface area contributed by atoms with Crippen molar-refractivity contribution in [1.82, 2.24) is 39.3 Å². The summed E-state index contributed by atoms with van der Waals surface area (Å²) in [5.41, 5.74) is 12.1. The van der Waals surface area contributed by atoms with E-state index in [1.807, 2.05) is 74.2 Å². The van der Waals surface area contributed by atoms with Gasteiger partial charge in [0.1, 0.15) is 53.3 Å². The van der Waals surface area contributed by atoms with E-state index in [9.17, 15) is 24.0 Å². The fourth-order valence-corrected chi connectivity index (χ4v) is 11.5. The number of amides is 4. The smallest absolute Gasteiger partial charge is 0.326 e. The number of methoxy groups -OCH3 is 1. The van der Waals surface area contributed by atoms with Gasteiger partial charge in [0, 0.05) is 69.3 Å². The Morgan fingerprint density at radius 3 is 2.38 bits per heavy atom. The topological polar surface area (TPSA) is 227 Å². The number of rotatable bonds is 19. The molecule has 0 saturated carbocycles. The number of nitrogens with two attached hydrogens (primary N) is 1. The Hall–Kier alpha value is -8.45. The Balaban J connectivity index is 0.712. The average Bonchev–Trinajstić information content (AvgIpc) is 2.47. The number of aromatic nitrogens is 4. The van der Waals surface area contributed by atoms with Crippen LogP contribution in [0.25, 0.3) is 11.3 Å². The van der Waals surface area contributed by atoms with E-state index >= 15 is 4.79 Å². The first-order chi connectivity index (χ1) is 40.6. The summed E-state index contributed by atoms with van der Waals surface area (Å²) in [6, 6.07) is 25.6. The number of fused-ring (bicyclic) bond motifs is 8. The lowest BCUT2D eigenvalue weighted by molar-refractivity contribution is -0.135. The van der Waals surface area contributed by atoms with E-state index in [0.29, 0.717) is 94.3 Å². The van der Waals surface area contributed by atoms with Crippen LogP contribution in [0.1, 0.15) is 114 Å². The van der Waals surface area contributed by atoms with Crippen molar-refractivity contribution < 1.29 is 42.5 Å². The number of ether oxygens (including phenoxy) is 4. The maximum absolute atomic E-state index is 15.1. The number of Topliss-reactive ketones (excluding diaryl/α,β-unsaturated/α-hetero) is 1. The predicted octanol–water partition coefficient (Wildman–Crippen LogP) is 8.90. The van der Waals surface area contributed by atoms with Crippen LogP contribution in [0, 0.1) is 24.1 Å². The number of urea groups is 1. The molecule has 10 rings (SSSR count). The van der Waals surface area contributed by atoms with Gasteiger partial charge in [-0.3, -0.25) is 29.0 Å². The second-order valence-electron chi connectivity index (χ2n) is 21.6. The van der Waals surface area contributed by atoms with Crippen molar-refractivity contribution in [2.45, 2.75) is 90.2 Å². The maximum Gasteiger partial charge on any atom is 0.326 e. The number of carbonyl (C=O) groups is 4. The molecule has 2 aromatic heterocycles. The molecule has 4 aliphatic heterocycles. The lowest BCUT2D eigenvalue weighted by Crippen LogP contribution is -2.56. The number of hydrogen-bond donors (Lipinski definition) is 1. The third-order valence-corrected chi connectivity index (χ3v) is 15.8. The van der Waals surface area contributed by atoms with Gasteiger partial charge in [0.25, 0.3) is 5.91 Å². The largest absolute Gasteiger partial charge is 0.497 e. The molecule has 6 heterocycles. The standard InChI is InChI=1S/C62H68ClFN12O8/c1-38(2)84-53-33-45(81-5)19-21-47(53)59-69-56(40-12-10-39(3)11-13-40)57(41-14-16-42(63)17-15-41)76(59)62(80)73-26-25-72(54(78)37-73)27-29-83-31-30-82-28-22-44(77)8-6-24-75-52(34-65)55-49-35-67-58(66)60(68-49)74-23-7-9-51(74)48-32-43(64)18-20-46(48)61(79)71(4)36-50(55)70-75/h10-21,32-33,35,38,51,56-57H,6-9,22-31,36-37H2,1-5H3,(H2,66,67)/t51-,56+,57-/m1/s1. The van der Waals surface area contributed by atoms with Gasteiger partial charge in [-0.05, 0) is 99.2 Å². The molecule has 6 aromatic rings. The zero-order chi connectivity index (χ0) is 59.2. The Morgan fingerprint density at radius 1 is 0.893 bits per heavy atom. The van der Waals surface area contributed by atoms with Crippen molar-refractivity contribution in [2.75, 3.05) is 83.9 Å². The van der Waals surface area contributed by atoms with Crippen molar-refractivity contribution in [1.29, 1.82) is 5.26 Å². The number of piperazine rings is 1. The molecule has 3 atom stereocenters. The molecule has 2 saturated heterocycles. The molecule has 84 heavy (non-hydrogen) atoms. The molecular formula is C62H68ClFN12O8. The lowest BCUT2D eigenvalue weighted by atomic mass is 9.93. The van der Waals surface area contributed by atoms with Crippen molar-refractivity contribution in [3.8, 4) is 28.8 Å². The fraction of sp³-hybridized carbons (Fsp3) is 0.403. The Kier molecular flexibility index (Phi) is 18.2. The highest BCUT2D eigenvalue weighted by Crippen LogP contribution is 2.46. The molecule has 0 spiro atoms. The van der Waals surface area contributed by atoms with Crippen LogP contribution in [-0.2, 0) is 32.2 Å². The Bertz CT molecular complexity index is 3500. The zero-order valence-corrected chi connectivity index (χ0v) is 48.6. The summed E-state index contributed by atoms with van der Waals surface area (Å²) < 4.78 is 39.8. The molecule has 0 unspecified atom stereocenters. The highest BCUT2D eigenvalue weighted by molar-refractivity contribution is 6.30. The van der Waals surface area contributed by atoms with Crippen molar-refractivity contribution in [3.05, 3.63) is 147 Å². The monoisotopic (exact) mass is 1160 g/mol. The summed E-state index contributed by atoms with van der Waals surface area (Å²) in [5.74, 6) is 1.01. The number of nitrogen functional groups attached to an aromatic ring is 1. The summed E-state index contributed by atoms with van der Waals surface area (Å²) in [6.07, 6.45) is 3.45. The summed E-state index contributed by atoms with van der Waals surface area (Å²) in [4.78, 5) is 79.2. The zero-order valence-electron chi connectivity index (χ0n) is 47.8. The number of carbonyl (C=O) groups excluding carboxylic acids is 4. The van der Waals surface area contributed by atoms with Crippen LogP contribution in [0.5, 0.6) is 11.5 Å². The minimum Gasteiger partial charge on any atom is -0.497 e.